The van der Waals surface area contributed by atoms with Crippen LogP contribution in [-0.4, -0.2) is 42.6 Å². The number of hydrogen-bond acceptors (Lipinski definition) is 5. The van der Waals surface area contributed by atoms with Gasteiger partial charge in [-0.2, -0.15) is 0 Å². The minimum Gasteiger partial charge on any atom is -0.463 e. The van der Waals surface area contributed by atoms with E-state index in [1.54, 1.807) is 25.2 Å². The first kappa shape index (κ1) is 16.0. The summed E-state index contributed by atoms with van der Waals surface area (Å²) in [7, 11) is 0. The number of nitrogens with one attached hydrogen (secondary N) is 2. The van der Waals surface area contributed by atoms with E-state index in [0.29, 0.717) is 24.4 Å². The van der Waals surface area contributed by atoms with Gasteiger partial charge >= 0.3 is 12.0 Å². The fourth-order valence-corrected chi connectivity index (χ4v) is 3.96. The van der Waals surface area contributed by atoms with Gasteiger partial charge in [0.15, 0.2) is 0 Å². The van der Waals surface area contributed by atoms with Gasteiger partial charge in [0.25, 0.3) is 0 Å². The largest absolute Gasteiger partial charge is 0.463 e. The van der Waals surface area contributed by atoms with Crippen LogP contribution >= 0.6 is 11.3 Å². The van der Waals surface area contributed by atoms with Gasteiger partial charge in [-0.3, -0.25) is 4.90 Å². The quantitative estimate of drug-likeness (QED) is 0.821. The highest BCUT2D eigenvalue weighted by molar-refractivity contribution is 7.10. The first-order chi connectivity index (χ1) is 11.1. The van der Waals surface area contributed by atoms with E-state index in [4.69, 9.17) is 4.74 Å². The third-order valence-electron chi connectivity index (χ3n) is 4.13. The summed E-state index contributed by atoms with van der Waals surface area (Å²) in [6.45, 7) is 6.21. The maximum atomic E-state index is 12.2. The normalized spacial score (nSPS) is 21.5. The van der Waals surface area contributed by atoms with Crippen LogP contribution in [0.4, 0.5) is 4.79 Å². The molecule has 0 radical (unpaired) electrons. The van der Waals surface area contributed by atoms with Crippen LogP contribution in [0.3, 0.4) is 0 Å². The zero-order valence-corrected chi connectivity index (χ0v) is 14.2. The van der Waals surface area contributed by atoms with Crippen LogP contribution in [-0.2, 0) is 22.5 Å². The molecular formula is C16H21N3O3S. The van der Waals surface area contributed by atoms with Gasteiger partial charge in [0.05, 0.1) is 18.2 Å². The molecule has 7 heteroatoms. The molecule has 0 spiro atoms. The van der Waals surface area contributed by atoms with Crippen molar-refractivity contribution in [2.75, 3.05) is 19.7 Å². The van der Waals surface area contributed by atoms with Crippen molar-refractivity contribution in [3.05, 3.63) is 33.2 Å². The number of rotatable bonds is 4. The lowest BCUT2D eigenvalue weighted by atomic mass is 10.0. The smallest absolute Gasteiger partial charge is 0.337 e. The van der Waals surface area contributed by atoms with Crippen LogP contribution in [0.15, 0.2) is 22.7 Å². The van der Waals surface area contributed by atoms with Gasteiger partial charge in [-0.05, 0) is 37.3 Å². The molecular weight excluding hydrogens is 314 g/mol. The number of ether oxygens (including phenoxy) is 1. The Morgan fingerprint density at radius 1 is 1.52 bits per heavy atom. The summed E-state index contributed by atoms with van der Waals surface area (Å²) in [6, 6.07) is 1.53. The van der Waals surface area contributed by atoms with Crippen molar-refractivity contribution >= 4 is 23.3 Å². The van der Waals surface area contributed by atoms with Gasteiger partial charge in [0, 0.05) is 30.2 Å². The predicted octanol–water partition coefficient (Wildman–Crippen LogP) is 1.62. The number of thiophene rings is 1. The van der Waals surface area contributed by atoms with Gasteiger partial charge in [0.2, 0.25) is 0 Å². The minimum atomic E-state index is -0.365. The van der Waals surface area contributed by atoms with E-state index in [9.17, 15) is 9.59 Å². The average Bonchev–Trinajstić information content (AvgIpc) is 2.94. The summed E-state index contributed by atoms with van der Waals surface area (Å²) in [5.74, 6) is -0.365. The van der Waals surface area contributed by atoms with Crippen LogP contribution in [0.25, 0.3) is 0 Å². The van der Waals surface area contributed by atoms with Crippen LogP contribution in [0, 0.1) is 0 Å². The summed E-state index contributed by atoms with van der Waals surface area (Å²) in [5, 5.41) is 7.63. The van der Waals surface area contributed by atoms with Crippen molar-refractivity contribution in [3.8, 4) is 0 Å². The van der Waals surface area contributed by atoms with Crippen LogP contribution in [0.5, 0.6) is 0 Å². The van der Waals surface area contributed by atoms with Crippen molar-refractivity contribution in [2.45, 2.75) is 32.9 Å². The Morgan fingerprint density at radius 3 is 3.13 bits per heavy atom. The molecule has 0 saturated heterocycles. The summed E-state index contributed by atoms with van der Waals surface area (Å²) in [6.07, 6.45) is 1.01. The molecule has 0 fully saturated rings. The highest BCUT2D eigenvalue weighted by Crippen LogP contribution is 2.25. The highest BCUT2D eigenvalue weighted by atomic mass is 32.1. The molecule has 0 bridgehead atoms. The van der Waals surface area contributed by atoms with E-state index in [1.807, 2.05) is 0 Å². The van der Waals surface area contributed by atoms with E-state index < -0.39 is 0 Å². The van der Waals surface area contributed by atoms with Crippen molar-refractivity contribution in [1.29, 1.82) is 0 Å². The fraction of sp³-hybridized carbons (Fsp3) is 0.500. The van der Waals surface area contributed by atoms with Crippen LogP contribution in [0.2, 0.25) is 0 Å². The first-order valence-electron chi connectivity index (χ1n) is 7.83. The number of esters is 1. The Bertz CT molecular complexity index is 653. The SMILES string of the molecule is CCOC(=O)C1=C(CN2CCc3sccc3C2)NC(=O)NC1C. The third-order valence-corrected chi connectivity index (χ3v) is 5.16. The number of hydrogen-bond donors (Lipinski definition) is 2. The van der Waals surface area contributed by atoms with E-state index in [1.165, 1.54) is 10.4 Å². The van der Waals surface area contributed by atoms with E-state index in [-0.39, 0.29) is 18.0 Å². The second-order valence-corrected chi connectivity index (χ2v) is 6.76. The summed E-state index contributed by atoms with van der Waals surface area (Å²) in [4.78, 5) is 27.7. The lowest BCUT2D eigenvalue weighted by molar-refractivity contribution is -0.139. The average molecular weight is 335 g/mol. The number of carbonyl (C=O) groups is 2. The molecule has 2 amide bonds. The standard InChI is InChI=1S/C16H21N3O3S/c1-3-22-15(20)14-10(2)17-16(21)18-12(14)9-19-6-4-13-11(8-19)5-7-23-13/h5,7,10H,3-4,6,8-9H2,1-2H3,(H2,17,18,21). The molecule has 23 heavy (non-hydrogen) atoms. The van der Waals surface area contributed by atoms with E-state index >= 15 is 0 Å². The molecule has 2 N–H and O–H groups in total. The van der Waals surface area contributed by atoms with Crippen molar-refractivity contribution < 1.29 is 14.3 Å². The van der Waals surface area contributed by atoms with E-state index in [0.717, 1.165) is 19.5 Å². The third kappa shape index (κ3) is 3.40. The Kier molecular flexibility index (Phi) is 4.68. The minimum absolute atomic E-state index is 0.270. The number of amides is 2. The maximum Gasteiger partial charge on any atom is 0.337 e. The molecule has 124 valence electrons. The molecule has 0 saturated carbocycles. The van der Waals surface area contributed by atoms with Crippen molar-refractivity contribution in [3.63, 3.8) is 0 Å². The molecule has 2 aliphatic rings. The summed E-state index contributed by atoms with van der Waals surface area (Å²) in [5.41, 5.74) is 2.51. The number of fused-ring (bicyclic) bond motifs is 1. The Balaban J connectivity index is 1.81. The molecule has 3 heterocycles. The monoisotopic (exact) mass is 335 g/mol. The lowest BCUT2D eigenvalue weighted by Gasteiger charge is -2.32. The molecule has 0 aromatic carbocycles. The molecule has 0 aliphatic carbocycles. The molecule has 1 aromatic rings. The Labute approximate surface area is 139 Å². The predicted molar refractivity (Wildman–Crippen MR) is 88.1 cm³/mol. The zero-order valence-electron chi connectivity index (χ0n) is 13.3. The molecule has 6 nitrogen and oxygen atoms in total. The van der Waals surface area contributed by atoms with Gasteiger partial charge in [-0.15, -0.1) is 11.3 Å². The Hall–Kier alpha value is -1.86. The van der Waals surface area contributed by atoms with Crippen LogP contribution in [0.1, 0.15) is 24.3 Å². The molecule has 1 atom stereocenters. The number of nitrogens with zero attached hydrogens (tertiary/aromatic N) is 1. The highest BCUT2D eigenvalue weighted by Gasteiger charge is 2.31. The summed E-state index contributed by atoms with van der Waals surface area (Å²) < 4.78 is 5.15. The molecule has 3 rings (SSSR count). The molecule has 1 unspecified atom stereocenters. The van der Waals surface area contributed by atoms with Crippen molar-refractivity contribution in [1.82, 2.24) is 15.5 Å². The van der Waals surface area contributed by atoms with Gasteiger partial charge in [-0.1, -0.05) is 0 Å². The van der Waals surface area contributed by atoms with E-state index in [2.05, 4.69) is 27.0 Å². The zero-order chi connectivity index (χ0) is 16.4. The number of carbonyl (C=O) groups excluding carboxylic acids is 2. The first-order valence-corrected chi connectivity index (χ1v) is 8.71. The second-order valence-electron chi connectivity index (χ2n) is 5.76. The fourth-order valence-electron chi connectivity index (χ4n) is 3.07. The maximum absolute atomic E-state index is 12.2. The van der Waals surface area contributed by atoms with Crippen LogP contribution < -0.4 is 10.6 Å². The second kappa shape index (κ2) is 6.72. The summed E-state index contributed by atoms with van der Waals surface area (Å²) >= 11 is 1.79. The molecule has 1 aromatic heterocycles. The molecule has 2 aliphatic heterocycles. The topological polar surface area (TPSA) is 70.7 Å². The van der Waals surface area contributed by atoms with Crippen molar-refractivity contribution in [2.24, 2.45) is 0 Å². The van der Waals surface area contributed by atoms with Gasteiger partial charge in [0.1, 0.15) is 0 Å². The van der Waals surface area contributed by atoms with Gasteiger partial charge < -0.3 is 15.4 Å². The van der Waals surface area contributed by atoms with Gasteiger partial charge in [-0.25, -0.2) is 9.59 Å². The number of urea groups is 1. The Morgan fingerprint density at radius 2 is 2.35 bits per heavy atom. The lowest BCUT2D eigenvalue weighted by Crippen LogP contribution is -2.51.